The van der Waals surface area contributed by atoms with Crippen molar-refractivity contribution in [1.29, 1.82) is 0 Å². The van der Waals surface area contributed by atoms with Crippen molar-refractivity contribution in [2.75, 3.05) is 5.32 Å². The first kappa shape index (κ1) is 14.3. The first-order chi connectivity index (χ1) is 9.28. The molecule has 4 nitrogen and oxygen atoms in total. The number of anilines is 1. The van der Waals surface area contributed by atoms with Crippen LogP contribution in [0.15, 0.2) is 35.6 Å². The number of benzene rings is 1. The van der Waals surface area contributed by atoms with E-state index < -0.39 is 5.91 Å². The summed E-state index contributed by atoms with van der Waals surface area (Å²) in [6.45, 7) is 5.75. The summed E-state index contributed by atoms with van der Waals surface area (Å²) in [5.41, 5.74) is 1.29. The van der Waals surface area contributed by atoms with Crippen LogP contribution in [0.25, 0.3) is 0 Å². The molecule has 1 aromatic carbocycles. The van der Waals surface area contributed by atoms with Gasteiger partial charge in [0.25, 0.3) is 5.91 Å². The van der Waals surface area contributed by atoms with Gasteiger partial charge >= 0.3 is 0 Å². The third-order valence-corrected chi connectivity index (χ3v) is 3.39. The largest absolute Gasteiger partial charge is 0.511 e. The summed E-state index contributed by atoms with van der Waals surface area (Å²) in [5, 5.41) is 12.6. The van der Waals surface area contributed by atoms with E-state index in [1.807, 2.05) is 32.9 Å². The molecule has 1 aliphatic rings. The molecule has 1 aliphatic carbocycles. The minimum absolute atomic E-state index is 0.107. The van der Waals surface area contributed by atoms with Gasteiger partial charge < -0.3 is 10.4 Å². The van der Waals surface area contributed by atoms with Crippen LogP contribution in [0.4, 0.5) is 5.69 Å². The molecule has 0 saturated heterocycles. The Kier molecular flexibility index (Phi) is 3.66. The number of amides is 1. The van der Waals surface area contributed by atoms with Crippen LogP contribution < -0.4 is 5.32 Å². The second-order valence-corrected chi connectivity index (χ2v) is 6.08. The van der Waals surface area contributed by atoms with Gasteiger partial charge in [-0.05, 0) is 24.5 Å². The van der Waals surface area contributed by atoms with Crippen molar-refractivity contribution in [3.63, 3.8) is 0 Å². The molecule has 0 unspecified atom stereocenters. The molecular formula is C16H19NO3. The van der Waals surface area contributed by atoms with Crippen LogP contribution >= 0.6 is 0 Å². The van der Waals surface area contributed by atoms with Crippen molar-refractivity contribution in [2.24, 2.45) is 5.41 Å². The van der Waals surface area contributed by atoms with Gasteiger partial charge in [0, 0.05) is 18.5 Å². The second-order valence-electron chi connectivity index (χ2n) is 6.08. The summed E-state index contributed by atoms with van der Waals surface area (Å²) in [6, 6.07) is 7.27. The van der Waals surface area contributed by atoms with Crippen LogP contribution in [-0.2, 0) is 9.59 Å². The quantitative estimate of drug-likeness (QED) is 0.813. The van der Waals surface area contributed by atoms with E-state index in [9.17, 15) is 14.7 Å². The monoisotopic (exact) mass is 273 g/mol. The molecule has 0 radical (unpaired) electrons. The van der Waals surface area contributed by atoms with E-state index in [0.717, 1.165) is 5.56 Å². The van der Waals surface area contributed by atoms with E-state index in [1.165, 1.54) is 0 Å². The minimum Gasteiger partial charge on any atom is -0.511 e. The fraction of sp³-hybridized carbons (Fsp3) is 0.375. The number of aliphatic hydroxyl groups excluding tert-OH is 1. The van der Waals surface area contributed by atoms with Gasteiger partial charge in [-0.1, -0.05) is 31.5 Å². The van der Waals surface area contributed by atoms with E-state index in [1.54, 1.807) is 12.1 Å². The van der Waals surface area contributed by atoms with Crippen LogP contribution in [0.2, 0.25) is 0 Å². The fourth-order valence-electron chi connectivity index (χ4n) is 2.38. The molecule has 106 valence electrons. The molecule has 1 aromatic rings. The predicted octanol–water partition coefficient (Wildman–Crippen LogP) is 3.13. The summed E-state index contributed by atoms with van der Waals surface area (Å²) in [6.07, 6.45) is 0.614. The van der Waals surface area contributed by atoms with Crippen LogP contribution in [0.5, 0.6) is 0 Å². The number of aliphatic hydroxyl groups is 1. The summed E-state index contributed by atoms with van der Waals surface area (Å²) >= 11 is 0. The maximum Gasteiger partial charge on any atom is 0.262 e. The maximum atomic E-state index is 12.1. The van der Waals surface area contributed by atoms with Crippen LogP contribution in [0.3, 0.4) is 0 Å². The molecular weight excluding hydrogens is 254 g/mol. The van der Waals surface area contributed by atoms with Crippen molar-refractivity contribution >= 4 is 17.4 Å². The van der Waals surface area contributed by atoms with Gasteiger partial charge in [-0.15, -0.1) is 0 Å². The molecule has 0 saturated carbocycles. The lowest BCUT2D eigenvalue weighted by Gasteiger charge is -2.29. The molecule has 0 heterocycles. The van der Waals surface area contributed by atoms with Crippen molar-refractivity contribution < 1.29 is 14.7 Å². The highest BCUT2D eigenvalue weighted by Gasteiger charge is 2.36. The highest BCUT2D eigenvalue weighted by molar-refractivity contribution is 6.24. The minimum atomic E-state index is -0.535. The van der Waals surface area contributed by atoms with Crippen LogP contribution in [-0.4, -0.2) is 16.8 Å². The zero-order chi connectivity index (χ0) is 14.9. The molecule has 4 heteroatoms. The predicted molar refractivity (Wildman–Crippen MR) is 77.5 cm³/mol. The molecule has 0 bridgehead atoms. The Labute approximate surface area is 118 Å². The molecule has 0 aliphatic heterocycles. The van der Waals surface area contributed by atoms with Gasteiger partial charge in [-0.2, -0.15) is 0 Å². The molecule has 20 heavy (non-hydrogen) atoms. The molecule has 1 amide bonds. The summed E-state index contributed by atoms with van der Waals surface area (Å²) < 4.78 is 0. The number of hydrogen-bond donors (Lipinski definition) is 2. The Bertz CT molecular complexity index is 582. The van der Waals surface area contributed by atoms with E-state index >= 15 is 0 Å². The second kappa shape index (κ2) is 5.12. The van der Waals surface area contributed by atoms with Gasteiger partial charge in [-0.3, -0.25) is 9.59 Å². The first-order valence-electron chi connectivity index (χ1n) is 6.62. The van der Waals surface area contributed by atoms with Crippen molar-refractivity contribution in [1.82, 2.24) is 0 Å². The molecule has 0 atom stereocenters. The Morgan fingerprint density at radius 1 is 1.20 bits per heavy atom. The summed E-state index contributed by atoms with van der Waals surface area (Å²) in [4.78, 5) is 24.2. The Hall–Kier alpha value is -2.10. The van der Waals surface area contributed by atoms with Gasteiger partial charge in [0.05, 0.1) is 0 Å². The summed E-state index contributed by atoms with van der Waals surface area (Å²) in [7, 11) is 0. The topological polar surface area (TPSA) is 66.4 Å². The molecule has 2 rings (SSSR count). The number of carbonyl (C=O) groups is 2. The van der Waals surface area contributed by atoms with Gasteiger partial charge in [0.2, 0.25) is 0 Å². The van der Waals surface area contributed by atoms with E-state index in [-0.39, 0.29) is 29.0 Å². The van der Waals surface area contributed by atoms with Crippen molar-refractivity contribution in [2.45, 2.75) is 33.6 Å². The Morgan fingerprint density at radius 2 is 1.80 bits per heavy atom. The highest BCUT2D eigenvalue weighted by Crippen LogP contribution is 2.35. The van der Waals surface area contributed by atoms with E-state index in [0.29, 0.717) is 12.1 Å². The highest BCUT2D eigenvalue weighted by atomic mass is 16.3. The zero-order valence-electron chi connectivity index (χ0n) is 12.0. The van der Waals surface area contributed by atoms with Crippen LogP contribution in [0, 0.1) is 12.3 Å². The number of aryl methyl sites for hydroxylation is 1. The first-order valence-corrected chi connectivity index (χ1v) is 6.62. The lowest BCUT2D eigenvalue weighted by atomic mass is 9.76. The standard InChI is InChI=1S/C16H19NO3/c1-10-4-6-11(7-5-10)17-15(20)14-12(18)8-16(2,3)9-13(14)19/h4-7,18H,8-9H2,1-3H3,(H,17,20). The van der Waals surface area contributed by atoms with E-state index in [2.05, 4.69) is 5.32 Å². The lowest BCUT2D eigenvalue weighted by Crippen LogP contribution is -2.31. The third-order valence-electron chi connectivity index (χ3n) is 3.39. The summed E-state index contributed by atoms with van der Waals surface area (Å²) in [5.74, 6) is -0.953. The normalized spacial score (nSPS) is 18.1. The fourth-order valence-corrected chi connectivity index (χ4v) is 2.38. The number of allylic oxidation sites excluding steroid dienone is 1. The average Bonchev–Trinajstić information content (AvgIpc) is 2.29. The zero-order valence-corrected chi connectivity index (χ0v) is 12.0. The average molecular weight is 273 g/mol. The van der Waals surface area contributed by atoms with E-state index in [4.69, 9.17) is 0 Å². The third kappa shape index (κ3) is 3.07. The lowest BCUT2D eigenvalue weighted by molar-refractivity contribution is -0.122. The molecule has 0 fully saturated rings. The maximum absolute atomic E-state index is 12.1. The van der Waals surface area contributed by atoms with Gasteiger partial charge in [-0.25, -0.2) is 0 Å². The Morgan fingerprint density at radius 3 is 2.35 bits per heavy atom. The smallest absolute Gasteiger partial charge is 0.262 e. The number of ketones is 1. The SMILES string of the molecule is Cc1ccc(NC(=O)C2=C(O)CC(C)(C)CC2=O)cc1. The van der Waals surface area contributed by atoms with Crippen molar-refractivity contribution in [3.8, 4) is 0 Å². The Balaban J connectivity index is 2.20. The van der Waals surface area contributed by atoms with Gasteiger partial charge in [0.15, 0.2) is 5.78 Å². The van der Waals surface area contributed by atoms with Crippen molar-refractivity contribution in [3.05, 3.63) is 41.2 Å². The molecule has 0 aromatic heterocycles. The molecule has 0 spiro atoms. The number of rotatable bonds is 2. The number of nitrogens with one attached hydrogen (secondary N) is 1. The number of hydrogen-bond acceptors (Lipinski definition) is 3. The van der Waals surface area contributed by atoms with Gasteiger partial charge in [0.1, 0.15) is 11.3 Å². The molecule has 2 N–H and O–H groups in total. The number of carbonyl (C=O) groups excluding carboxylic acids is 2. The number of Topliss-reactive ketones (excluding diaryl/α,β-unsaturated/α-hetero) is 1. The van der Waals surface area contributed by atoms with Crippen LogP contribution in [0.1, 0.15) is 32.3 Å².